The quantitative estimate of drug-likeness (QED) is 0.513. The molecule has 0 saturated carbocycles. The van der Waals surface area contributed by atoms with Crippen LogP contribution in [0.15, 0.2) is 22.5 Å². The Morgan fingerprint density at radius 1 is 1.00 bits per heavy atom. The fraction of sp³-hybridized carbons (Fsp3) is 0. The van der Waals surface area contributed by atoms with Crippen LogP contribution in [0.25, 0.3) is 0 Å². The van der Waals surface area contributed by atoms with E-state index in [1.54, 1.807) is 0 Å². The maximum absolute atomic E-state index is 10.1. The molecule has 1 aromatic rings. The number of benzene rings is 1. The average molecular weight is 166 g/mol. The summed E-state index contributed by atoms with van der Waals surface area (Å²) in [5.74, 6) is 0. The molecule has 62 valence electrons. The van der Waals surface area contributed by atoms with E-state index in [0.29, 0.717) is 0 Å². The molecular weight excluding hydrogens is 160 g/mol. The Labute approximate surface area is 67.5 Å². The van der Waals surface area contributed by atoms with Gasteiger partial charge in [-0.3, -0.25) is 0 Å². The molecule has 0 aliphatic heterocycles. The van der Waals surface area contributed by atoms with Crippen LogP contribution in [-0.2, 0) is 0 Å². The van der Waals surface area contributed by atoms with E-state index >= 15 is 0 Å². The van der Waals surface area contributed by atoms with Crippen molar-refractivity contribution in [2.75, 3.05) is 11.5 Å². The molecule has 0 unspecified atom stereocenters. The van der Waals surface area contributed by atoms with Crippen LogP contribution in [0.2, 0.25) is 0 Å². The SMILES string of the molecule is Nc1cc(N=O)cc(N)c1N=O. The van der Waals surface area contributed by atoms with Crippen molar-refractivity contribution in [3.8, 4) is 0 Å². The fourth-order valence-electron chi connectivity index (χ4n) is 0.822. The fourth-order valence-corrected chi connectivity index (χ4v) is 0.822. The first-order valence-electron chi connectivity index (χ1n) is 3.04. The summed E-state index contributed by atoms with van der Waals surface area (Å²) in [6.07, 6.45) is 0. The molecule has 0 radical (unpaired) electrons. The molecule has 0 fully saturated rings. The zero-order chi connectivity index (χ0) is 9.14. The number of nitrogens with zero attached hydrogens (tertiary/aromatic N) is 2. The smallest absolute Gasteiger partial charge is 0.153 e. The maximum Gasteiger partial charge on any atom is 0.153 e. The zero-order valence-corrected chi connectivity index (χ0v) is 6.02. The second-order valence-electron chi connectivity index (χ2n) is 2.16. The number of anilines is 2. The van der Waals surface area contributed by atoms with Gasteiger partial charge in [-0.1, -0.05) is 0 Å². The van der Waals surface area contributed by atoms with Crippen LogP contribution in [0.4, 0.5) is 22.7 Å². The molecule has 0 spiro atoms. The van der Waals surface area contributed by atoms with Crippen molar-refractivity contribution in [3.05, 3.63) is 21.9 Å². The highest BCUT2D eigenvalue weighted by Gasteiger charge is 2.06. The Kier molecular flexibility index (Phi) is 2.00. The number of hydrogen-bond donors (Lipinski definition) is 2. The largest absolute Gasteiger partial charge is 0.397 e. The molecule has 0 bridgehead atoms. The van der Waals surface area contributed by atoms with Gasteiger partial charge < -0.3 is 11.5 Å². The first-order chi connectivity index (χ1) is 5.69. The number of rotatable bonds is 2. The van der Waals surface area contributed by atoms with Gasteiger partial charge in [-0.2, -0.15) is 0 Å². The van der Waals surface area contributed by atoms with E-state index in [0.717, 1.165) is 0 Å². The first kappa shape index (κ1) is 8.12. The van der Waals surface area contributed by atoms with Crippen LogP contribution >= 0.6 is 0 Å². The highest BCUT2D eigenvalue weighted by atomic mass is 16.3. The summed E-state index contributed by atoms with van der Waals surface area (Å²) in [7, 11) is 0. The second kappa shape index (κ2) is 2.95. The van der Waals surface area contributed by atoms with Gasteiger partial charge in [-0.15, -0.1) is 9.81 Å². The summed E-state index contributed by atoms with van der Waals surface area (Å²) in [6.45, 7) is 0. The molecule has 4 N–H and O–H groups in total. The topological polar surface area (TPSA) is 111 Å². The van der Waals surface area contributed by atoms with Crippen LogP contribution in [0.3, 0.4) is 0 Å². The van der Waals surface area contributed by atoms with E-state index < -0.39 is 0 Å². The van der Waals surface area contributed by atoms with Crippen LogP contribution < -0.4 is 11.5 Å². The van der Waals surface area contributed by atoms with E-state index in [4.69, 9.17) is 11.5 Å². The maximum atomic E-state index is 10.1. The summed E-state index contributed by atoms with van der Waals surface area (Å²) in [5, 5.41) is 5.22. The monoisotopic (exact) mass is 166 g/mol. The van der Waals surface area contributed by atoms with E-state index in [-0.39, 0.29) is 22.7 Å². The third-order valence-corrected chi connectivity index (χ3v) is 1.35. The minimum absolute atomic E-state index is 0.0533. The highest BCUT2D eigenvalue weighted by molar-refractivity contribution is 5.80. The van der Waals surface area contributed by atoms with Crippen molar-refractivity contribution in [2.45, 2.75) is 0 Å². The van der Waals surface area contributed by atoms with Crippen LogP contribution in [0, 0.1) is 9.81 Å². The van der Waals surface area contributed by atoms with E-state index in [9.17, 15) is 9.81 Å². The van der Waals surface area contributed by atoms with Gasteiger partial charge in [0.2, 0.25) is 0 Å². The Bertz CT molecular complexity index is 313. The predicted octanol–water partition coefficient (Wildman–Crippen LogP) is 1.65. The van der Waals surface area contributed by atoms with Crippen LogP contribution in [-0.4, -0.2) is 0 Å². The minimum atomic E-state index is -0.0533. The predicted molar refractivity (Wildman–Crippen MR) is 46.2 cm³/mol. The van der Waals surface area contributed by atoms with Gasteiger partial charge in [-0.05, 0) is 22.5 Å². The Morgan fingerprint density at radius 3 is 1.83 bits per heavy atom. The molecule has 0 aromatic heterocycles. The molecule has 12 heavy (non-hydrogen) atoms. The number of nitroso groups, excluding NO2 is 2. The van der Waals surface area contributed by atoms with Gasteiger partial charge in [-0.25, -0.2) is 0 Å². The molecule has 1 aromatic carbocycles. The standard InChI is InChI=1S/C6H6N4O2/c7-4-1-3(9-11)2-5(8)6(4)10-12/h1-2H,7-8H2. The van der Waals surface area contributed by atoms with Crippen LogP contribution in [0.1, 0.15) is 0 Å². The molecule has 0 saturated heterocycles. The lowest BCUT2D eigenvalue weighted by Crippen LogP contribution is -1.91. The van der Waals surface area contributed by atoms with Crippen molar-refractivity contribution in [2.24, 2.45) is 10.4 Å². The Balaban J connectivity index is 3.36. The van der Waals surface area contributed by atoms with Gasteiger partial charge in [0.05, 0.1) is 11.4 Å². The number of nitrogens with two attached hydrogens (primary N) is 2. The molecule has 1 rings (SSSR count). The lowest BCUT2D eigenvalue weighted by molar-refractivity contribution is 1.45. The minimum Gasteiger partial charge on any atom is -0.397 e. The third-order valence-electron chi connectivity index (χ3n) is 1.35. The van der Waals surface area contributed by atoms with Gasteiger partial charge >= 0.3 is 0 Å². The number of hydrogen-bond acceptors (Lipinski definition) is 6. The molecule has 0 aliphatic carbocycles. The summed E-state index contributed by atoms with van der Waals surface area (Å²) in [5.41, 5.74) is 10.8. The first-order valence-corrected chi connectivity index (χ1v) is 3.04. The molecular formula is C6H6N4O2. The van der Waals surface area contributed by atoms with Crippen molar-refractivity contribution < 1.29 is 0 Å². The summed E-state index contributed by atoms with van der Waals surface area (Å²) >= 11 is 0. The van der Waals surface area contributed by atoms with E-state index in [1.165, 1.54) is 12.1 Å². The Morgan fingerprint density at radius 2 is 1.50 bits per heavy atom. The third kappa shape index (κ3) is 1.22. The lowest BCUT2D eigenvalue weighted by atomic mass is 10.2. The molecule has 0 aliphatic rings. The van der Waals surface area contributed by atoms with Crippen molar-refractivity contribution in [1.29, 1.82) is 0 Å². The lowest BCUT2D eigenvalue weighted by Gasteiger charge is -2.00. The summed E-state index contributed by atoms with van der Waals surface area (Å²) in [6, 6.07) is 2.47. The van der Waals surface area contributed by atoms with Crippen molar-refractivity contribution in [3.63, 3.8) is 0 Å². The van der Waals surface area contributed by atoms with Crippen LogP contribution in [0.5, 0.6) is 0 Å². The van der Waals surface area contributed by atoms with Gasteiger partial charge in [0.1, 0.15) is 5.69 Å². The molecule has 6 nitrogen and oxygen atoms in total. The highest BCUT2D eigenvalue weighted by Crippen LogP contribution is 2.33. The zero-order valence-electron chi connectivity index (χ0n) is 6.02. The van der Waals surface area contributed by atoms with Gasteiger partial charge in [0, 0.05) is 0 Å². The average Bonchev–Trinajstić information content (AvgIpc) is 2.03. The Hall–Kier alpha value is -1.98. The molecule has 0 amide bonds. The summed E-state index contributed by atoms with van der Waals surface area (Å²) < 4.78 is 0. The molecule has 0 heterocycles. The van der Waals surface area contributed by atoms with Gasteiger partial charge in [0.15, 0.2) is 5.69 Å². The second-order valence-corrected chi connectivity index (χ2v) is 2.16. The van der Waals surface area contributed by atoms with E-state index in [2.05, 4.69) is 10.4 Å². The molecule has 6 heteroatoms. The molecule has 0 atom stereocenters. The van der Waals surface area contributed by atoms with Gasteiger partial charge in [0.25, 0.3) is 0 Å². The number of nitrogen functional groups attached to an aromatic ring is 2. The normalized spacial score (nSPS) is 9.33. The van der Waals surface area contributed by atoms with Crippen molar-refractivity contribution in [1.82, 2.24) is 0 Å². The van der Waals surface area contributed by atoms with E-state index in [1.807, 2.05) is 0 Å². The summed E-state index contributed by atoms with van der Waals surface area (Å²) in [4.78, 5) is 20.2. The van der Waals surface area contributed by atoms with Crippen molar-refractivity contribution >= 4 is 22.7 Å².